The summed E-state index contributed by atoms with van der Waals surface area (Å²) in [6, 6.07) is 1.95. The highest BCUT2D eigenvalue weighted by Gasteiger charge is 2.39. The molecular weight excluding hydrogens is 527 g/mol. The van der Waals surface area contributed by atoms with E-state index in [-0.39, 0.29) is 43.8 Å². The van der Waals surface area contributed by atoms with Crippen molar-refractivity contribution in [1.82, 2.24) is 19.7 Å². The number of amides is 4. The summed E-state index contributed by atoms with van der Waals surface area (Å²) < 4.78 is 53.5. The van der Waals surface area contributed by atoms with Crippen LogP contribution in [0.25, 0.3) is 10.9 Å². The van der Waals surface area contributed by atoms with E-state index in [1.165, 1.54) is 6.07 Å². The highest BCUT2D eigenvalue weighted by Crippen LogP contribution is 2.36. The lowest BCUT2D eigenvalue weighted by Crippen LogP contribution is -2.51. The maximum absolute atomic E-state index is 15.7. The van der Waals surface area contributed by atoms with Crippen molar-refractivity contribution < 1.29 is 32.3 Å². The molecule has 9 nitrogen and oxygen atoms in total. The van der Waals surface area contributed by atoms with Crippen LogP contribution in [0, 0.1) is 11.6 Å². The van der Waals surface area contributed by atoms with Gasteiger partial charge in [-0.25, -0.2) is 22.8 Å². The molecule has 3 aliphatic rings. The van der Waals surface area contributed by atoms with Crippen LogP contribution in [0.2, 0.25) is 0 Å². The number of likely N-dealkylation sites (tertiary alicyclic amines) is 2. The SMILES string of the molecule is CC(C)(C)OC(=O)N1CCC(F)(CN2CCC(n3ccc4c(F)c(N5CCC(=O)NC5=O)c(F)cc43)CC2)CC1. The van der Waals surface area contributed by atoms with Crippen LogP contribution >= 0.6 is 0 Å². The lowest BCUT2D eigenvalue weighted by Gasteiger charge is -2.41. The summed E-state index contributed by atoms with van der Waals surface area (Å²) in [5.74, 6) is -2.19. The second-order valence-electron chi connectivity index (χ2n) is 12.1. The van der Waals surface area contributed by atoms with Gasteiger partial charge in [-0.2, -0.15) is 0 Å². The Morgan fingerprint density at radius 1 is 1.10 bits per heavy atom. The van der Waals surface area contributed by atoms with E-state index in [1.54, 1.807) is 37.9 Å². The van der Waals surface area contributed by atoms with Crippen LogP contribution in [0.3, 0.4) is 0 Å². The zero-order chi connectivity index (χ0) is 28.8. The summed E-state index contributed by atoms with van der Waals surface area (Å²) in [5.41, 5.74) is -2.06. The molecule has 1 N–H and O–H groups in total. The molecule has 3 aliphatic heterocycles. The summed E-state index contributed by atoms with van der Waals surface area (Å²) in [6.07, 6.45) is 3.14. The van der Waals surface area contributed by atoms with Crippen LogP contribution in [0.15, 0.2) is 18.3 Å². The van der Waals surface area contributed by atoms with Crippen molar-refractivity contribution in [2.45, 2.75) is 70.2 Å². The molecule has 0 spiro atoms. The number of carbonyl (C=O) groups is 3. The van der Waals surface area contributed by atoms with Gasteiger partial charge in [0.2, 0.25) is 5.91 Å². The number of nitrogens with one attached hydrogen (secondary N) is 1. The summed E-state index contributed by atoms with van der Waals surface area (Å²) >= 11 is 0. The topological polar surface area (TPSA) is 87.1 Å². The molecule has 0 unspecified atom stereocenters. The lowest BCUT2D eigenvalue weighted by atomic mass is 9.91. The fourth-order valence-corrected chi connectivity index (χ4v) is 5.89. The fourth-order valence-electron chi connectivity index (χ4n) is 5.89. The van der Waals surface area contributed by atoms with Gasteiger partial charge in [0.15, 0.2) is 11.6 Å². The zero-order valence-corrected chi connectivity index (χ0v) is 23.1. The number of imide groups is 1. The van der Waals surface area contributed by atoms with E-state index < -0.39 is 46.6 Å². The molecule has 5 rings (SSSR count). The molecule has 2 aromatic rings. The Bertz CT molecular complexity index is 1310. The average molecular weight is 564 g/mol. The minimum Gasteiger partial charge on any atom is -0.444 e. The van der Waals surface area contributed by atoms with Crippen LogP contribution in [-0.4, -0.2) is 82.9 Å². The van der Waals surface area contributed by atoms with E-state index in [2.05, 4.69) is 10.2 Å². The molecule has 1 aromatic carbocycles. The van der Waals surface area contributed by atoms with Crippen LogP contribution in [0.1, 0.15) is 58.9 Å². The molecule has 4 heterocycles. The average Bonchev–Trinajstić information content (AvgIpc) is 3.29. The summed E-state index contributed by atoms with van der Waals surface area (Å²) in [7, 11) is 0. The molecule has 0 saturated carbocycles. The van der Waals surface area contributed by atoms with Crippen molar-refractivity contribution in [3.05, 3.63) is 30.0 Å². The number of nitrogens with zero attached hydrogens (tertiary/aromatic N) is 4. The zero-order valence-electron chi connectivity index (χ0n) is 23.1. The lowest BCUT2D eigenvalue weighted by molar-refractivity contribution is -0.120. The first kappa shape index (κ1) is 28.3. The summed E-state index contributed by atoms with van der Waals surface area (Å²) in [5, 5.41) is 2.29. The molecule has 40 heavy (non-hydrogen) atoms. The third kappa shape index (κ3) is 5.77. The number of benzene rings is 1. The molecule has 218 valence electrons. The van der Waals surface area contributed by atoms with Gasteiger partial charge in [0.05, 0.1) is 5.52 Å². The highest BCUT2D eigenvalue weighted by atomic mass is 19.1. The molecule has 1 aromatic heterocycles. The van der Waals surface area contributed by atoms with Crippen molar-refractivity contribution in [3.8, 4) is 0 Å². The van der Waals surface area contributed by atoms with E-state index in [9.17, 15) is 14.4 Å². The van der Waals surface area contributed by atoms with Crippen LogP contribution in [-0.2, 0) is 9.53 Å². The van der Waals surface area contributed by atoms with Crippen molar-refractivity contribution in [1.29, 1.82) is 0 Å². The number of aromatic nitrogens is 1. The quantitative estimate of drug-likeness (QED) is 0.581. The van der Waals surface area contributed by atoms with Crippen molar-refractivity contribution in [2.75, 3.05) is 44.2 Å². The van der Waals surface area contributed by atoms with Gasteiger partial charge in [-0.15, -0.1) is 0 Å². The normalized spacial score (nSPS) is 21.1. The molecule has 12 heteroatoms. The number of fused-ring (bicyclic) bond motifs is 1. The minimum atomic E-state index is -1.39. The van der Waals surface area contributed by atoms with E-state index in [4.69, 9.17) is 4.74 Å². The highest BCUT2D eigenvalue weighted by molar-refractivity contribution is 6.06. The third-order valence-electron chi connectivity index (χ3n) is 7.98. The van der Waals surface area contributed by atoms with Crippen LogP contribution < -0.4 is 10.2 Å². The van der Waals surface area contributed by atoms with Gasteiger partial charge < -0.3 is 19.1 Å². The van der Waals surface area contributed by atoms with Crippen molar-refractivity contribution in [2.24, 2.45) is 0 Å². The number of hydrogen-bond donors (Lipinski definition) is 1. The maximum Gasteiger partial charge on any atom is 0.410 e. The van der Waals surface area contributed by atoms with E-state index in [0.717, 1.165) is 4.90 Å². The number of alkyl halides is 1. The van der Waals surface area contributed by atoms with E-state index in [0.29, 0.717) is 44.5 Å². The number of urea groups is 1. The molecule has 3 fully saturated rings. The fraction of sp³-hybridized carbons (Fsp3) is 0.607. The first-order valence-corrected chi connectivity index (χ1v) is 13.8. The molecule has 4 amide bonds. The Hall–Kier alpha value is -3.28. The first-order valence-electron chi connectivity index (χ1n) is 13.8. The number of rotatable bonds is 4. The minimum absolute atomic E-state index is 0.0149. The van der Waals surface area contributed by atoms with Crippen LogP contribution in [0.4, 0.5) is 28.4 Å². The largest absolute Gasteiger partial charge is 0.444 e. The second-order valence-corrected chi connectivity index (χ2v) is 12.1. The molecule has 0 bridgehead atoms. The third-order valence-corrected chi connectivity index (χ3v) is 7.98. The number of anilines is 1. The summed E-state index contributed by atoms with van der Waals surface area (Å²) in [6.45, 7) is 7.49. The van der Waals surface area contributed by atoms with Crippen molar-refractivity contribution >= 4 is 34.6 Å². The second kappa shape index (κ2) is 10.6. The number of piperidine rings is 2. The summed E-state index contributed by atoms with van der Waals surface area (Å²) in [4.78, 5) is 40.5. The molecule has 0 aliphatic carbocycles. The Balaban J connectivity index is 1.20. The van der Waals surface area contributed by atoms with Gasteiger partial charge in [-0.3, -0.25) is 15.0 Å². The Morgan fingerprint density at radius 2 is 1.77 bits per heavy atom. The Morgan fingerprint density at radius 3 is 2.40 bits per heavy atom. The number of carbonyl (C=O) groups excluding carboxylic acids is 3. The van der Waals surface area contributed by atoms with Gasteiger partial charge >= 0.3 is 12.1 Å². The standard InChI is InChI=1S/C28H36F3N5O4/c1-27(2,3)40-26(39)34-14-8-28(31,9-15-34)17-33-10-4-18(5-11-33)35-12-6-19-21(35)16-20(29)24(23(19)30)36-13-7-22(37)32-25(36)38/h6,12,16,18H,4-5,7-11,13-15,17H2,1-3H3,(H,32,37,38). The molecular formula is C28H36F3N5O4. The monoisotopic (exact) mass is 563 g/mol. The molecule has 0 atom stereocenters. The number of halogens is 3. The predicted molar refractivity (Wildman–Crippen MR) is 143 cm³/mol. The smallest absolute Gasteiger partial charge is 0.410 e. The van der Waals surface area contributed by atoms with Crippen LogP contribution in [0.5, 0.6) is 0 Å². The first-order chi connectivity index (χ1) is 18.8. The van der Waals surface area contributed by atoms with Gasteiger partial charge in [-0.1, -0.05) is 0 Å². The number of ether oxygens (including phenoxy) is 1. The maximum atomic E-state index is 15.7. The Labute approximate surface area is 231 Å². The van der Waals surface area contributed by atoms with Gasteiger partial charge in [0, 0.05) is 82.2 Å². The Kier molecular flexibility index (Phi) is 7.49. The molecule has 0 radical (unpaired) electrons. The van der Waals surface area contributed by atoms with E-state index >= 15 is 13.2 Å². The number of hydrogen-bond acceptors (Lipinski definition) is 5. The van der Waals surface area contributed by atoms with Gasteiger partial charge in [0.1, 0.15) is 17.0 Å². The van der Waals surface area contributed by atoms with Gasteiger partial charge in [-0.05, 0) is 39.7 Å². The van der Waals surface area contributed by atoms with Crippen molar-refractivity contribution in [3.63, 3.8) is 0 Å². The molecule has 3 saturated heterocycles. The van der Waals surface area contributed by atoms with Gasteiger partial charge in [0.25, 0.3) is 0 Å². The predicted octanol–water partition coefficient (Wildman–Crippen LogP) is 4.74. The van der Waals surface area contributed by atoms with E-state index in [1.807, 2.05) is 4.57 Å².